The molecule has 0 N–H and O–H groups in total. The molecule has 2 aromatic heterocycles. The van der Waals surface area contributed by atoms with Crippen LogP contribution in [0.1, 0.15) is 90.7 Å². The average molecular weight is 664 g/mol. The van der Waals surface area contributed by atoms with Crippen molar-refractivity contribution in [2.24, 2.45) is 0 Å². The summed E-state index contributed by atoms with van der Waals surface area (Å²) in [6.07, 6.45) is 3.97. The smallest absolute Gasteiger partial charge is 0.425 e. The van der Waals surface area contributed by atoms with Gasteiger partial charge in [-0.25, -0.2) is 24.4 Å². The number of carbonyl (C=O) groups is 3. The third-order valence-corrected chi connectivity index (χ3v) is 6.91. The second-order valence-corrected chi connectivity index (χ2v) is 12.8. The molecule has 0 saturated carbocycles. The summed E-state index contributed by atoms with van der Waals surface area (Å²) >= 11 is 13.4. The van der Waals surface area contributed by atoms with Crippen LogP contribution in [0.25, 0.3) is 11.6 Å². The zero-order chi connectivity index (χ0) is 33.9. The minimum Gasteiger partial charge on any atom is -0.493 e. The Balaban J connectivity index is 2.25. The topological polar surface area (TPSA) is 122 Å². The van der Waals surface area contributed by atoms with E-state index in [9.17, 15) is 14.4 Å². The highest BCUT2D eigenvalue weighted by atomic mass is 35.5. The van der Waals surface area contributed by atoms with Crippen LogP contribution in [0.4, 0.5) is 15.4 Å². The predicted octanol–water partition coefficient (Wildman–Crippen LogP) is 8.15. The Morgan fingerprint density at radius 1 is 1.02 bits per heavy atom. The molecule has 2 heterocycles. The number of ether oxygens (including phenoxy) is 4. The Morgan fingerprint density at radius 3 is 2.16 bits per heavy atom. The summed E-state index contributed by atoms with van der Waals surface area (Å²) in [6.45, 7) is 17.9. The molecule has 11 nitrogen and oxygen atoms in total. The van der Waals surface area contributed by atoms with E-state index in [-0.39, 0.29) is 23.1 Å². The molecule has 3 aromatic rings. The molecule has 0 bridgehead atoms. The zero-order valence-corrected chi connectivity index (χ0v) is 28.8. The average Bonchev–Trinajstić information content (AvgIpc) is 3.25. The molecule has 0 radical (unpaired) electrons. The molecule has 2 amide bonds. The summed E-state index contributed by atoms with van der Waals surface area (Å²) in [4.78, 5) is 48.6. The van der Waals surface area contributed by atoms with Crippen molar-refractivity contribution >= 4 is 58.8 Å². The van der Waals surface area contributed by atoms with Crippen molar-refractivity contribution in [3.05, 3.63) is 57.2 Å². The number of rotatable bonds is 8. The molecule has 0 aliphatic rings. The number of hydrogen-bond donors (Lipinski definition) is 0. The lowest BCUT2D eigenvalue weighted by Gasteiger charge is -2.28. The van der Waals surface area contributed by atoms with Crippen molar-refractivity contribution in [3.8, 4) is 5.75 Å². The van der Waals surface area contributed by atoms with E-state index >= 15 is 0 Å². The van der Waals surface area contributed by atoms with Crippen molar-refractivity contribution in [1.29, 1.82) is 0 Å². The number of imidazole rings is 1. The first-order chi connectivity index (χ1) is 20.9. The van der Waals surface area contributed by atoms with Crippen molar-refractivity contribution in [2.75, 3.05) is 18.1 Å². The van der Waals surface area contributed by atoms with Crippen LogP contribution in [0.2, 0.25) is 10.2 Å². The molecular weight excluding hydrogens is 623 g/mol. The molecule has 0 fully saturated rings. The number of hydrogen-bond acceptors (Lipinski definition) is 9. The van der Waals surface area contributed by atoms with Crippen LogP contribution in [0.5, 0.6) is 5.75 Å². The molecule has 13 heteroatoms. The van der Waals surface area contributed by atoms with Gasteiger partial charge in [-0.05, 0) is 80.0 Å². The molecule has 3 rings (SSSR count). The summed E-state index contributed by atoms with van der Waals surface area (Å²) in [5.74, 6) is -0.181. The highest BCUT2D eigenvalue weighted by Gasteiger charge is 2.36. The number of amides is 2. The lowest BCUT2D eigenvalue weighted by molar-refractivity contribution is -0.137. The highest BCUT2D eigenvalue weighted by Crippen LogP contribution is 2.41. The molecule has 0 aliphatic heterocycles. The maximum Gasteiger partial charge on any atom is 0.425 e. The van der Waals surface area contributed by atoms with Crippen molar-refractivity contribution < 1.29 is 33.3 Å². The van der Waals surface area contributed by atoms with Crippen molar-refractivity contribution in [3.63, 3.8) is 0 Å². The molecule has 1 aromatic carbocycles. The van der Waals surface area contributed by atoms with Crippen LogP contribution in [-0.2, 0) is 19.0 Å². The third kappa shape index (κ3) is 8.46. The molecule has 45 heavy (non-hydrogen) atoms. The highest BCUT2D eigenvalue weighted by molar-refractivity contribution is 6.34. The standard InChI is InChI=1S/C32H40Cl2N4O7/c1-11-42-23(39)14-13-20-18(3)22(33)17-21(25(20)43-12-2)19(4)27-36-26(34)24-28(35-15-16-37(24)27)38(29(40)44-31(5,6)7)30(41)45-32(8,9)10/h13-17,19H,11-12H2,1-10H3. The van der Waals surface area contributed by atoms with E-state index in [2.05, 4.69) is 9.97 Å². The Kier molecular flexibility index (Phi) is 11.2. The van der Waals surface area contributed by atoms with E-state index in [1.165, 1.54) is 12.3 Å². The first-order valence-electron chi connectivity index (χ1n) is 14.5. The largest absolute Gasteiger partial charge is 0.493 e. The van der Waals surface area contributed by atoms with Crippen LogP contribution < -0.4 is 9.64 Å². The van der Waals surface area contributed by atoms with Crippen LogP contribution in [0.15, 0.2) is 24.5 Å². The van der Waals surface area contributed by atoms with Crippen molar-refractivity contribution in [2.45, 2.75) is 86.4 Å². The van der Waals surface area contributed by atoms with E-state index in [0.717, 1.165) is 0 Å². The number of imide groups is 1. The number of esters is 1. The van der Waals surface area contributed by atoms with Crippen LogP contribution in [0.3, 0.4) is 0 Å². The lowest BCUT2D eigenvalue weighted by Crippen LogP contribution is -2.44. The molecule has 0 saturated heterocycles. The molecule has 1 atom stereocenters. The lowest BCUT2D eigenvalue weighted by atomic mass is 9.93. The maximum atomic E-state index is 13.4. The van der Waals surface area contributed by atoms with Gasteiger partial charge in [0.1, 0.15) is 28.3 Å². The Labute approximate surface area is 273 Å². The fraction of sp³-hybridized carbons (Fsp3) is 0.469. The first-order valence-corrected chi connectivity index (χ1v) is 15.2. The number of benzene rings is 1. The quantitative estimate of drug-likeness (QED) is 0.134. The summed E-state index contributed by atoms with van der Waals surface area (Å²) in [7, 11) is 0. The van der Waals surface area contributed by atoms with Crippen molar-refractivity contribution in [1.82, 2.24) is 14.4 Å². The number of fused-ring (bicyclic) bond motifs is 1. The Bertz CT molecular complexity index is 1590. The Morgan fingerprint density at radius 2 is 1.62 bits per heavy atom. The van der Waals surface area contributed by atoms with Crippen LogP contribution >= 0.6 is 23.2 Å². The summed E-state index contributed by atoms with van der Waals surface area (Å²) < 4.78 is 23.9. The molecule has 244 valence electrons. The summed E-state index contributed by atoms with van der Waals surface area (Å²) in [5, 5.41) is 0.426. The van der Waals surface area contributed by atoms with Crippen LogP contribution in [0, 0.1) is 6.92 Å². The number of anilines is 1. The maximum absolute atomic E-state index is 13.4. The van der Waals surface area contributed by atoms with Crippen LogP contribution in [-0.4, -0.2) is 56.9 Å². The minimum atomic E-state index is -0.994. The fourth-order valence-corrected chi connectivity index (χ4v) is 4.89. The van der Waals surface area contributed by atoms with Gasteiger partial charge in [0.15, 0.2) is 11.0 Å². The summed E-state index contributed by atoms with van der Waals surface area (Å²) in [5.41, 5.74) is 0.303. The molecule has 1 unspecified atom stereocenters. The van der Waals surface area contributed by atoms with Gasteiger partial charge in [-0.1, -0.05) is 30.1 Å². The molecular formula is C32H40Cl2N4O7. The van der Waals surface area contributed by atoms with E-state index in [1.54, 1.807) is 71.2 Å². The molecule has 0 aliphatic carbocycles. The van der Waals surface area contributed by atoms with E-state index in [4.69, 9.17) is 42.1 Å². The third-order valence-electron chi connectivity index (χ3n) is 6.25. The zero-order valence-electron chi connectivity index (χ0n) is 27.3. The predicted molar refractivity (Wildman–Crippen MR) is 173 cm³/mol. The minimum absolute atomic E-state index is 0.0179. The second kappa shape index (κ2) is 14.1. The monoisotopic (exact) mass is 662 g/mol. The van der Waals surface area contributed by atoms with Gasteiger partial charge in [0.2, 0.25) is 0 Å². The van der Waals surface area contributed by atoms with Gasteiger partial charge in [-0.15, -0.1) is 0 Å². The van der Waals surface area contributed by atoms with E-state index in [0.29, 0.717) is 44.8 Å². The number of nitrogens with zero attached hydrogens (tertiary/aromatic N) is 4. The van der Waals surface area contributed by atoms with Gasteiger partial charge >= 0.3 is 18.2 Å². The Hall–Kier alpha value is -3.83. The fourth-order valence-electron chi connectivity index (χ4n) is 4.41. The van der Waals surface area contributed by atoms with Gasteiger partial charge in [-0.3, -0.25) is 4.40 Å². The molecule has 0 spiro atoms. The normalized spacial score (nSPS) is 12.7. The number of carbonyl (C=O) groups excluding carboxylic acids is 3. The van der Waals surface area contributed by atoms with Gasteiger partial charge in [0, 0.05) is 40.5 Å². The van der Waals surface area contributed by atoms with Gasteiger partial charge in [0.05, 0.1) is 13.2 Å². The number of aromatic nitrogens is 3. The van der Waals surface area contributed by atoms with Gasteiger partial charge in [0.25, 0.3) is 0 Å². The number of halogens is 2. The van der Waals surface area contributed by atoms with E-state index in [1.807, 2.05) is 20.8 Å². The SMILES string of the molecule is CCOC(=O)C=Cc1c(C)c(Cl)cc(C(C)c2nc(Cl)c3c(N(C(=O)OC(C)(C)C)C(=O)OC(C)(C)C)nccn23)c1OCC. The van der Waals surface area contributed by atoms with Gasteiger partial charge < -0.3 is 18.9 Å². The second-order valence-electron chi connectivity index (χ2n) is 12.1. The summed E-state index contributed by atoms with van der Waals surface area (Å²) in [6, 6.07) is 1.78. The van der Waals surface area contributed by atoms with E-state index < -0.39 is 35.3 Å². The first kappa shape index (κ1) is 35.6. The van der Waals surface area contributed by atoms with Gasteiger partial charge in [-0.2, -0.15) is 4.90 Å².